The first-order valence-electron chi connectivity index (χ1n) is 6.14. The van der Waals surface area contributed by atoms with E-state index in [1.54, 1.807) is 12.4 Å². The molecule has 1 heterocycles. The summed E-state index contributed by atoms with van der Waals surface area (Å²) in [6.45, 7) is 0.406. The van der Waals surface area contributed by atoms with Gasteiger partial charge in [-0.1, -0.05) is 12.8 Å². The summed E-state index contributed by atoms with van der Waals surface area (Å²) in [6, 6.07) is 0.154. The van der Waals surface area contributed by atoms with Gasteiger partial charge in [-0.05, 0) is 12.8 Å². The predicted molar refractivity (Wildman–Crippen MR) is 66.6 cm³/mol. The summed E-state index contributed by atoms with van der Waals surface area (Å²) in [6.07, 6.45) is 7.33. The largest absolute Gasteiger partial charge is 0.391 e. The summed E-state index contributed by atoms with van der Waals surface area (Å²) in [4.78, 5) is 10.6. The third kappa shape index (κ3) is 2.73. The maximum absolute atomic E-state index is 9.99. The van der Waals surface area contributed by atoms with Gasteiger partial charge in [-0.2, -0.15) is 0 Å². The van der Waals surface area contributed by atoms with Gasteiger partial charge >= 0.3 is 0 Å². The molecule has 0 aliphatic heterocycles. The van der Waals surface area contributed by atoms with Crippen LogP contribution in [-0.4, -0.2) is 34.3 Å². The molecule has 2 atom stereocenters. The second-order valence-corrected chi connectivity index (χ2v) is 4.60. The Balaban J connectivity index is 2.09. The SMILES string of the molecule is CN(c1cnc(CN)cn1)C1CCCCC1O. The number of aromatic nitrogens is 2. The molecule has 0 aromatic carbocycles. The molecular weight excluding hydrogens is 216 g/mol. The Labute approximate surface area is 102 Å². The minimum atomic E-state index is -0.260. The molecule has 1 aromatic heterocycles. The van der Waals surface area contributed by atoms with Crippen LogP contribution < -0.4 is 10.6 Å². The van der Waals surface area contributed by atoms with Crippen LogP contribution in [0.3, 0.4) is 0 Å². The Bertz CT molecular complexity index is 354. The molecule has 0 amide bonds. The molecule has 0 spiro atoms. The van der Waals surface area contributed by atoms with Crippen molar-refractivity contribution in [1.29, 1.82) is 0 Å². The maximum atomic E-state index is 9.99. The van der Waals surface area contributed by atoms with Crippen molar-refractivity contribution in [3.63, 3.8) is 0 Å². The fraction of sp³-hybridized carbons (Fsp3) is 0.667. The van der Waals surface area contributed by atoms with Crippen LogP contribution in [0.1, 0.15) is 31.4 Å². The molecule has 0 bridgehead atoms. The smallest absolute Gasteiger partial charge is 0.147 e. The number of likely N-dealkylation sites (N-methyl/N-ethyl adjacent to an activating group) is 1. The van der Waals surface area contributed by atoms with Crippen LogP contribution in [0.2, 0.25) is 0 Å². The van der Waals surface area contributed by atoms with Crippen LogP contribution in [0, 0.1) is 0 Å². The predicted octanol–water partition coefficient (Wildman–Crippen LogP) is 0.675. The standard InChI is InChI=1S/C12H20N4O/c1-16(10-4-2-3-5-11(10)17)12-8-14-9(6-13)7-15-12/h7-8,10-11,17H,2-6,13H2,1H3. The van der Waals surface area contributed by atoms with E-state index in [0.717, 1.165) is 30.8 Å². The number of anilines is 1. The second-order valence-electron chi connectivity index (χ2n) is 4.60. The van der Waals surface area contributed by atoms with Gasteiger partial charge in [-0.15, -0.1) is 0 Å². The summed E-state index contributed by atoms with van der Waals surface area (Å²) in [7, 11) is 1.96. The molecule has 94 valence electrons. The van der Waals surface area contributed by atoms with Crippen molar-refractivity contribution in [1.82, 2.24) is 9.97 Å². The Hall–Kier alpha value is -1.20. The topological polar surface area (TPSA) is 75.3 Å². The van der Waals surface area contributed by atoms with E-state index in [1.807, 2.05) is 11.9 Å². The van der Waals surface area contributed by atoms with Crippen LogP contribution >= 0.6 is 0 Å². The second kappa shape index (κ2) is 5.42. The monoisotopic (exact) mass is 236 g/mol. The zero-order valence-corrected chi connectivity index (χ0v) is 10.2. The lowest BCUT2D eigenvalue weighted by atomic mass is 9.92. The number of aliphatic hydroxyl groups is 1. The van der Waals surface area contributed by atoms with Crippen LogP contribution in [-0.2, 0) is 6.54 Å². The van der Waals surface area contributed by atoms with Gasteiger partial charge in [0.2, 0.25) is 0 Å². The highest BCUT2D eigenvalue weighted by Gasteiger charge is 2.27. The van der Waals surface area contributed by atoms with Crippen molar-refractivity contribution >= 4 is 5.82 Å². The number of nitrogens with zero attached hydrogens (tertiary/aromatic N) is 3. The van der Waals surface area contributed by atoms with Crippen molar-refractivity contribution < 1.29 is 5.11 Å². The number of hydrogen-bond donors (Lipinski definition) is 2. The van der Waals surface area contributed by atoms with Crippen LogP contribution in [0.25, 0.3) is 0 Å². The number of hydrogen-bond acceptors (Lipinski definition) is 5. The molecule has 5 heteroatoms. The highest BCUT2D eigenvalue weighted by molar-refractivity contribution is 5.36. The van der Waals surface area contributed by atoms with Gasteiger partial charge in [0, 0.05) is 13.6 Å². The van der Waals surface area contributed by atoms with Gasteiger partial charge < -0.3 is 15.7 Å². The van der Waals surface area contributed by atoms with Gasteiger partial charge in [0.1, 0.15) is 5.82 Å². The lowest BCUT2D eigenvalue weighted by molar-refractivity contribution is 0.106. The van der Waals surface area contributed by atoms with Crippen molar-refractivity contribution in [3.8, 4) is 0 Å². The van der Waals surface area contributed by atoms with E-state index >= 15 is 0 Å². The van der Waals surface area contributed by atoms with E-state index in [-0.39, 0.29) is 12.1 Å². The fourth-order valence-electron chi connectivity index (χ4n) is 2.35. The zero-order chi connectivity index (χ0) is 12.3. The summed E-state index contributed by atoms with van der Waals surface area (Å²) in [5.41, 5.74) is 6.27. The van der Waals surface area contributed by atoms with E-state index in [9.17, 15) is 5.11 Å². The summed E-state index contributed by atoms with van der Waals surface area (Å²) in [5.74, 6) is 0.799. The highest BCUT2D eigenvalue weighted by Crippen LogP contribution is 2.25. The number of rotatable bonds is 3. The number of aliphatic hydroxyl groups excluding tert-OH is 1. The molecule has 2 unspecified atom stereocenters. The van der Waals surface area contributed by atoms with Crippen LogP contribution in [0.4, 0.5) is 5.82 Å². The molecule has 17 heavy (non-hydrogen) atoms. The van der Waals surface area contributed by atoms with Crippen molar-refractivity contribution in [3.05, 3.63) is 18.1 Å². The highest BCUT2D eigenvalue weighted by atomic mass is 16.3. The molecule has 1 aliphatic carbocycles. The lowest BCUT2D eigenvalue weighted by Crippen LogP contribution is -2.43. The van der Waals surface area contributed by atoms with Gasteiger partial charge in [-0.25, -0.2) is 4.98 Å². The molecule has 1 fully saturated rings. The average Bonchev–Trinajstić information content (AvgIpc) is 2.39. The Morgan fingerprint density at radius 2 is 2.12 bits per heavy atom. The fourth-order valence-corrected chi connectivity index (χ4v) is 2.35. The minimum absolute atomic E-state index is 0.154. The third-order valence-electron chi connectivity index (χ3n) is 3.45. The quantitative estimate of drug-likeness (QED) is 0.807. The summed E-state index contributed by atoms with van der Waals surface area (Å²) in [5, 5.41) is 9.99. The van der Waals surface area contributed by atoms with Crippen molar-refractivity contribution in [2.24, 2.45) is 5.73 Å². The molecule has 1 aromatic rings. The Morgan fingerprint density at radius 3 is 2.71 bits per heavy atom. The first-order valence-corrected chi connectivity index (χ1v) is 6.14. The van der Waals surface area contributed by atoms with Gasteiger partial charge in [0.15, 0.2) is 0 Å². The molecular formula is C12H20N4O. The molecule has 0 saturated heterocycles. The average molecular weight is 236 g/mol. The zero-order valence-electron chi connectivity index (χ0n) is 10.2. The molecule has 1 saturated carbocycles. The summed E-state index contributed by atoms with van der Waals surface area (Å²) >= 11 is 0. The lowest BCUT2D eigenvalue weighted by Gasteiger charge is -2.35. The van der Waals surface area contributed by atoms with Crippen molar-refractivity contribution in [2.75, 3.05) is 11.9 Å². The summed E-state index contributed by atoms with van der Waals surface area (Å²) < 4.78 is 0. The van der Waals surface area contributed by atoms with Crippen LogP contribution in [0.15, 0.2) is 12.4 Å². The van der Waals surface area contributed by atoms with Gasteiger partial charge in [0.25, 0.3) is 0 Å². The van der Waals surface area contributed by atoms with E-state index in [2.05, 4.69) is 9.97 Å². The van der Waals surface area contributed by atoms with Gasteiger partial charge in [-0.3, -0.25) is 4.98 Å². The third-order valence-corrected chi connectivity index (χ3v) is 3.45. The normalized spacial score (nSPS) is 24.6. The van der Waals surface area contributed by atoms with E-state index < -0.39 is 0 Å². The maximum Gasteiger partial charge on any atom is 0.147 e. The molecule has 0 radical (unpaired) electrons. The molecule has 5 nitrogen and oxygen atoms in total. The van der Waals surface area contributed by atoms with Crippen molar-refractivity contribution in [2.45, 2.75) is 44.4 Å². The van der Waals surface area contributed by atoms with Gasteiger partial charge in [0.05, 0.1) is 30.2 Å². The molecule has 3 N–H and O–H groups in total. The Morgan fingerprint density at radius 1 is 1.35 bits per heavy atom. The first kappa shape index (κ1) is 12.3. The van der Waals surface area contributed by atoms with E-state index in [0.29, 0.717) is 6.54 Å². The molecule has 1 aliphatic rings. The Kier molecular flexibility index (Phi) is 3.91. The van der Waals surface area contributed by atoms with Crippen LogP contribution in [0.5, 0.6) is 0 Å². The molecule has 2 rings (SSSR count). The first-order chi connectivity index (χ1) is 8.22. The number of nitrogens with two attached hydrogens (primary N) is 1. The minimum Gasteiger partial charge on any atom is -0.391 e. The van der Waals surface area contributed by atoms with E-state index in [4.69, 9.17) is 5.73 Å². The van der Waals surface area contributed by atoms with E-state index in [1.165, 1.54) is 6.42 Å².